The fraction of sp³-hybridized carbons (Fsp3) is 0.500. The van der Waals surface area contributed by atoms with Gasteiger partial charge in [-0.3, -0.25) is 4.79 Å². The Kier molecular flexibility index (Phi) is 4.29. The molecule has 0 aliphatic carbocycles. The third kappa shape index (κ3) is 3.13. The lowest BCUT2D eigenvalue weighted by atomic mass is 10.1. The molecule has 1 aromatic carbocycles. The lowest BCUT2D eigenvalue weighted by Crippen LogP contribution is -2.58. The predicted octanol–water partition coefficient (Wildman–Crippen LogP) is 1.39. The van der Waals surface area contributed by atoms with Crippen LogP contribution >= 0.6 is 0 Å². The Balaban J connectivity index is 2.47. The molecule has 1 aliphatic rings. The lowest BCUT2D eigenvalue weighted by Gasteiger charge is -2.40. The smallest absolute Gasteiger partial charge is 0.324 e. The minimum absolute atomic E-state index is 0.123. The van der Waals surface area contributed by atoms with Gasteiger partial charge < -0.3 is 9.84 Å². The maximum absolute atomic E-state index is 13.7. The van der Waals surface area contributed by atoms with E-state index in [1.54, 1.807) is 13.8 Å². The Morgan fingerprint density at radius 2 is 2.09 bits per heavy atom. The first-order valence-corrected chi connectivity index (χ1v) is 8.13. The number of aliphatic carboxylic acids is 1. The van der Waals surface area contributed by atoms with Crippen LogP contribution in [-0.2, 0) is 19.6 Å². The molecule has 0 spiro atoms. The van der Waals surface area contributed by atoms with E-state index in [2.05, 4.69) is 0 Å². The number of carboxylic acid groups (broad SMARTS) is 1. The van der Waals surface area contributed by atoms with Crippen molar-refractivity contribution in [3.8, 4) is 0 Å². The van der Waals surface area contributed by atoms with E-state index in [4.69, 9.17) is 4.74 Å². The minimum atomic E-state index is -4.13. The second-order valence-corrected chi connectivity index (χ2v) is 7.78. The number of hydrogen-bond donors (Lipinski definition) is 1. The summed E-state index contributed by atoms with van der Waals surface area (Å²) in [6, 6.07) is 2.20. The molecule has 22 heavy (non-hydrogen) atoms. The van der Waals surface area contributed by atoms with Crippen molar-refractivity contribution in [2.45, 2.75) is 37.3 Å². The summed E-state index contributed by atoms with van der Waals surface area (Å²) >= 11 is 0. The van der Waals surface area contributed by atoms with E-state index < -0.39 is 33.5 Å². The van der Waals surface area contributed by atoms with Gasteiger partial charge in [0.15, 0.2) is 0 Å². The first-order valence-electron chi connectivity index (χ1n) is 6.69. The summed E-state index contributed by atoms with van der Waals surface area (Å²) in [5.74, 6) is -1.95. The van der Waals surface area contributed by atoms with Gasteiger partial charge in [0.1, 0.15) is 11.9 Å². The summed E-state index contributed by atoms with van der Waals surface area (Å²) in [5.41, 5.74) is -0.501. The Morgan fingerprint density at radius 1 is 1.45 bits per heavy atom. The number of halogens is 1. The van der Waals surface area contributed by atoms with Crippen LogP contribution in [-0.4, -0.2) is 48.6 Å². The molecule has 8 heteroatoms. The fourth-order valence-corrected chi connectivity index (χ4v) is 3.97. The van der Waals surface area contributed by atoms with E-state index in [1.807, 2.05) is 0 Å². The van der Waals surface area contributed by atoms with Crippen LogP contribution in [0.5, 0.6) is 0 Å². The van der Waals surface area contributed by atoms with E-state index >= 15 is 0 Å². The van der Waals surface area contributed by atoms with Gasteiger partial charge in [-0.15, -0.1) is 0 Å². The molecular weight excluding hydrogens is 313 g/mol. The molecule has 1 saturated heterocycles. The first-order chi connectivity index (χ1) is 10.0. The zero-order chi connectivity index (χ0) is 16.7. The molecule has 1 unspecified atom stereocenters. The van der Waals surface area contributed by atoms with Crippen LogP contribution in [0.3, 0.4) is 0 Å². The Morgan fingerprint density at radius 3 is 2.64 bits per heavy atom. The highest BCUT2D eigenvalue weighted by Crippen LogP contribution is 2.28. The number of carboxylic acids is 1. The lowest BCUT2D eigenvalue weighted by molar-refractivity contribution is -0.154. The molecule has 0 amide bonds. The van der Waals surface area contributed by atoms with Gasteiger partial charge in [0, 0.05) is 6.54 Å². The number of morpholine rings is 1. The SMILES string of the molecule is Cc1ccc(S(=O)(=O)N2CC(C)(C)OCC2C(=O)O)cc1F. The van der Waals surface area contributed by atoms with Crippen LogP contribution < -0.4 is 0 Å². The summed E-state index contributed by atoms with van der Waals surface area (Å²) in [5, 5.41) is 9.23. The number of sulfonamides is 1. The predicted molar refractivity (Wildman–Crippen MR) is 76.5 cm³/mol. The molecule has 0 saturated carbocycles. The van der Waals surface area contributed by atoms with E-state index in [0.717, 1.165) is 10.4 Å². The van der Waals surface area contributed by atoms with Crippen molar-refractivity contribution in [2.24, 2.45) is 0 Å². The maximum atomic E-state index is 13.7. The minimum Gasteiger partial charge on any atom is -0.480 e. The summed E-state index contributed by atoms with van der Waals surface area (Å²) in [6.45, 7) is 4.48. The van der Waals surface area contributed by atoms with Crippen LogP contribution in [0, 0.1) is 12.7 Å². The Bertz CT molecular complexity index is 701. The van der Waals surface area contributed by atoms with Crippen LogP contribution in [0.1, 0.15) is 19.4 Å². The monoisotopic (exact) mass is 331 g/mol. The standard InChI is InChI=1S/C14H18FNO5S/c1-9-4-5-10(6-11(9)15)22(19,20)16-8-14(2,3)21-7-12(16)13(17)18/h4-6,12H,7-8H2,1-3H3,(H,17,18). The summed E-state index contributed by atoms with van der Waals surface area (Å²) in [7, 11) is -4.13. The van der Waals surface area contributed by atoms with Gasteiger partial charge >= 0.3 is 5.97 Å². The number of nitrogens with zero attached hydrogens (tertiary/aromatic N) is 1. The van der Waals surface area contributed by atoms with Gasteiger partial charge in [-0.05, 0) is 38.5 Å². The highest BCUT2D eigenvalue weighted by Gasteiger charge is 2.44. The van der Waals surface area contributed by atoms with Crippen LogP contribution in [0.15, 0.2) is 23.1 Å². The molecule has 1 aliphatic heterocycles. The quantitative estimate of drug-likeness (QED) is 0.905. The topological polar surface area (TPSA) is 83.9 Å². The molecule has 122 valence electrons. The number of hydrogen-bond acceptors (Lipinski definition) is 4. The highest BCUT2D eigenvalue weighted by molar-refractivity contribution is 7.89. The number of ether oxygens (including phenoxy) is 1. The van der Waals surface area contributed by atoms with E-state index in [0.29, 0.717) is 5.56 Å². The average molecular weight is 331 g/mol. The van der Waals surface area contributed by atoms with Gasteiger partial charge in [0.05, 0.1) is 17.1 Å². The van der Waals surface area contributed by atoms with Crippen molar-refractivity contribution in [1.82, 2.24) is 4.31 Å². The molecule has 1 fully saturated rings. The summed E-state index contributed by atoms with van der Waals surface area (Å²) in [4.78, 5) is 11.1. The van der Waals surface area contributed by atoms with Crippen molar-refractivity contribution in [1.29, 1.82) is 0 Å². The molecule has 0 radical (unpaired) electrons. The summed E-state index contributed by atoms with van der Waals surface area (Å²) in [6.07, 6.45) is 0. The molecule has 0 aromatic heterocycles. The third-order valence-electron chi connectivity index (χ3n) is 3.55. The highest BCUT2D eigenvalue weighted by atomic mass is 32.2. The van der Waals surface area contributed by atoms with Gasteiger partial charge in [-0.2, -0.15) is 4.31 Å². The second kappa shape index (κ2) is 5.60. The fourth-order valence-electron chi connectivity index (χ4n) is 2.24. The number of aryl methyl sites for hydroxylation is 1. The van der Waals surface area contributed by atoms with Crippen molar-refractivity contribution >= 4 is 16.0 Å². The van der Waals surface area contributed by atoms with Gasteiger partial charge in [0.25, 0.3) is 0 Å². The average Bonchev–Trinajstić information content (AvgIpc) is 2.40. The van der Waals surface area contributed by atoms with Gasteiger partial charge in [0.2, 0.25) is 10.0 Å². The van der Waals surface area contributed by atoms with Crippen molar-refractivity contribution in [3.63, 3.8) is 0 Å². The molecule has 1 aromatic rings. The third-order valence-corrected chi connectivity index (χ3v) is 5.40. The first kappa shape index (κ1) is 16.9. The van der Waals surface area contributed by atoms with E-state index in [1.165, 1.54) is 19.1 Å². The van der Waals surface area contributed by atoms with Gasteiger partial charge in [-0.1, -0.05) is 6.07 Å². The number of carbonyl (C=O) groups is 1. The molecule has 1 N–H and O–H groups in total. The largest absolute Gasteiger partial charge is 0.480 e. The Labute approximate surface area is 128 Å². The van der Waals surface area contributed by atoms with E-state index in [-0.39, 0.29) is 18.0 Å². The molecule has 6 nitrogen and oxygen atoms in total. The second-order valence-electron chi connectivity index (χ2n) is 5.89. The van der Waals surface area contributed by atoms with Crippen molar-refractivity contribution in [3.05, 3.63) is 29.6 Å². The van der Waals surface area contributed by atoms with Crippen LogP contribution in [0.2, 0.25) is 0 Å². The maximum Gasteiger partial charge on any atom is 0.324 e. The number of benzene rings is 1. The molecule has 1 atom stereocenters. The zero-order valence-electron chi connectivity index (χ0n) is 12.5. The molecule has 2 rings (SSSR count). The van der Waals surface area contributed by atoms with Crippen LogP contribution in [0.4, 0.5) is 4.39 Å². The van der Waals surface area contributed by atoms with E-state index in [9.17, 15) is 22.7 Å². The molecule has 1 heterocycles. The normalized spacial score (nSPS) is 22.5. The summed E-state index contributed by atoms with van der Waals surface area (Å²) < 4.78 is 45.3. The molecule has 0 bridgehead atoms. The van der Waals surface area contributed by atoms with Crippen LogP contribution in [0.25, 0.3) is 0 Å². The van der Waals surface area contributed by atoms with Crippen molar-refractivity contribution < 1.29 is 27.4 Å². The zero-order valence-corrected chi connectivity index (χ0v) is 13.4. The van der Waals surface area contributed by atoms with Gasteiger partial charge in [-0.25, -0.2) is 12.8 Å². The Hall–Kier alpha value is -1.51. The molecular formula is C14H18FNO5S. The van der Waals surface area contributed by atoms with Crippen molar-refractivity contribution in [2.75, 3.05) is 13.2 Å². The number of rotatable bonds is 3.